The Kier molecular flexibility index (Phi) is 7.02. The van der Waals surface area contributed by atoms with Crippen LogP contribution < -0.4 is 10.6 Å². The minimum absolute atomic E-state index is 0.200. The van der Waals surface area contributed by atoms with Gasteiger partial charge in [-0.25, -0.2) is 4.98 Å². The first-order chi connectivity index (χ1) is 11.2. The molecule has 0 spiro atoms. The molecular formula is C15H18N4O2S2. The molecule has 0 aliphatic rings. The number of carbonyl (C=O) groups excluding carboxylic acids is 2. The lowest BCUT2D eigenvalue weighted by atomic mass is 10.1. The van der Waals surface area contributed by atoms with Crippen LogP contribution in [0.1, 0.15) is 22.5 Å². The third-order valence-electron chi connectivity index (χ3n) is 3.10. The molecule has 2 aromatic heterocycles. The highest BCUT2D eigenvalue weighted by Crippen LogP contribution is 2.05. The maximum Gasteiger partial charge on any atom is 0.252 e. The molecule has 0 unspecified atom stereocenters. The molecule has 0 saturated heterocycles. The largest absolute Gasteiger partial charge is 0.349 e. The minimum Gasteiger partial charge on any atom is -0.349 e. The molecule has 0 radical (unpaired) electrons. The van der Waals surface area contributed by atoms with E-state index in [9.17, 15) is 9.59 Å². The van der Waals surface area contributed by atoms with Crippen molar-refractivity contribution in [2.24, 2.45) is 0 Å². The maximum absolute atomic E-state index is 12.3. The average molecular weight is 350 g/mol. The van der Waals surface area contributed by atoms with Gasteiger partial charge in [-0.05, 0) is 30.6 Å². The number of hydrogen-bond donors (Lipinski definition) is 2. The van der Waals surface area contributed by atoms with Gasteiger partial charge in [0.05, 0.1) is 17.7 Å². The van der Waals surface area contributed by atoms with E-state index in [1.54, 1.807) is 41.8 Å². The van der Waals surface area contributed by atoms with Gasteiger partial charge in [-0.1, -0.05) is 0 Å². The van der Waals surface area contributed by atoms with Gasteiger partial charge in [0.15, 0.2) is 0 Å². The van der Waals surface area contributed by atoms with Crippen LogP contribution in [0.5, 0.6) is 0 Å². The normalized spacial score (nSPS) is 11.7. The lowest BCUT2D eigenvalue weighted by Crippen LogP contribution is -2.46. The molecule has 2 N–H and O–H groups in total. The van der Waals surface area contributed by atoms with Crippen LogP contribution in [0, 0.1) is 0 Å². The predicted octanol–water partition coefficient (Wildman–Crippen LogP) is 1.71. The predicted molar refractivity (Wildman–Crippen MR) is 92.5 cm³/mol. The van der Waals surface area contributed by atoms with Crippen molar-refractivity contribution in [1.82, 2.24) is 20.6 Å². The molecule has 0 aromatic carbocycles. The molecule has 6 nitrogen and oxygen atoms in total. The molecule has 2 aromatic rings. The Hall–Kier alpha value is -1.93. The van der Waals surface area contributed by atoms with Crippen molar-refractivity contribution in [2.75, 3.05) is 12.0 Å². The Labute approximate surface area is 143 Å². The Morgan fingerprint density at radius 1 is 1.35 bits per heavy atom. The van der Waals surface area contributed by atoms with E-state index in [-0.39, 0.29) is 11.8 Å². The summed E-state index contributed by atoms with van der Waals surface area (Å²) in [5.74, 6) is 0.308. The van der Waals surface area contributed by atoms with Gasteiger partial charge in [0, 0.05) is 23.3 Å². The molecule has 0 saturated carbocycles. The second-order valence-corrected chi connectivity index (χ2v) is 6.45. The molecule has 8 heteroatoms. The first kappa shape index (κ1) is 17.4. The molecule has 23 heavy (non-hydrogen) atoms. The number of nitrogens with zero attached hydrogens (tertiary/aromatic N) is 2. The topological polar surface area (TPSA) is 84.0 Å². The zero-order chi connectivity index (χ0) is 16.5. The molecule has 0 aliphatic carbocycles. The molecule has 2 rings (SSSR count). The fourth-order valence-corrected chi connectivity index (χ4v) is 2.90. The van der Waals surface area contributed by atoms with Crippen LogP contribution >= 0.6 is 23.1 Å². The van der Waals surface area contributed by atoms with Gasteiger partial charge >= 0.3 is 0 Å². The first-order valence-corrected chi connectivity index (χ1v) is 9.39. The van der Waals surface area contributed by atoms with Gasteiger partial charge in [-0.2, -0.15) is 11.8 Å². The highest BCUT2D eigenvalue weighted by Gasteiger charge is 2.21. The van der Waals surface area contributed by atoms with Gasteiger partial charge in [0.25, 0.3) is 5.91 Å². The summed E-state index contributed by atoms with van der Waals surface area (Å²) in [6, 6.07) is 2.67. The van der Waals surface area contributed by atoms with Crippen LogP contribution in [0.2, 0.25) is 0 Å². The van der Waals surface area contributed by atoms with Crippen molar-refractivity contribution in [3.05, 3.63) is 46.7 Å². The van der Waals surface area contributed by atoms with E-state index in [4.69, 9.17) is 0 Å². The van der Waals surface area contributed by atoms with Gasteiger partial charge < -0.3 is 10.6 Å². The Balaban J connectivity index is 1.95. The van der Waals surface area contributed by atoms with Crippen molar-refractivity contribution in [1.29, 1.82) is 0 Å². The fourth-order valence-electron chi connectivity index (χ4n) is 1.88. The zero-order valence-corrected chi connectivity index (χ0v) is 14.3. The number of thiazole rings is 1. The molecule has 2 heterocycles. The van der Waals surface area contributed by atoms with Crippen LogP contribution in [0.15, 0.2) is 35.4 Å². The highest BCUT2D eigenvalue weighted by molar-refractivity contribution is 7.98. The van der Waals surface area contributed by atoms with E-state index in [0.717, 1.165) is 11.4 Å². The number of nitrogens with one attached hydrogen (secondary N) is 2. The quantitative estimate of drug-likeness (QED) is 0.757. The van der Waals surface area contributed by atoms with E-state index in [0.29, 0.717) is 18.5 Å². The molecule has 0 aliphatic heterocycles. The summed E-state index contributed by atoms with van der Waals surface area (Å²) in [6.45, 7) is 0.364. The minimum atomic E-state index is -0.568. The van der Waals surface area contributed by atoms with Crippen molar-refractivity contribution in [3.8, 4) is 0 Å². The number of thioether (sulfide) groups is 1. The molecule has 2 amide bonds. The second kappa shape index (κ2) is 9.26. The van der Waals surface area contributed by atoms with Crippen molar-refractivity contribution in [3.63, 3.8) is 0 Å². The van der Waals surface area contributed by atoms with E-state index >= 15 is 0 Å². The third kappa shape index (κ3) is 5.65. The van der Waals surface area contributed by atoms with Crippen molar-refractivity contribution in [2.45, 2.75) is 19.0 Å². The summed E-state index contributed by atoms with van der Waals surface area (Å²) in [7, 11) is 0. The smallest absolute Gasteiger partial charge is 0.252 e. The van der Waals surface area contributed by atoms with Crippen LogP contribution in [0.4, 0.5) is 0 Å². The van der Waals surface area contributed by atoms with Gasteiger partial charge in [0.2, 0.25) is 5.91 Å². The van der Waals surface area contributed by atoms with Crippen LogP contribution in [-0.4, -0.2) is 39.8 Å². The van der Waals surface area contributed by atoms with E-state index < -0.39 is 6.04 Å². The fraction of sp³-hybridized carbons (Fsp3) is 0.333. The lowest BCUT2D eigenvalue weighted by molar-refractivity contribution is -0.123. The Morgan fingerprint density at radius 2 is 2.13 bits per heavy atom. The summed E-state index contributed by atoms with van der Waals surface area (Å²) in [6.07, 6.45) is 5.64. The van der Waals surface area contributed by atoms with Crippen molar-refractivity contribution >= 4 is 34.9 Å². The molecule has 1 atom stereocenters. The lowest BCUT2D eigenvalue weighted by Gasteiger charge is -2.18. The Morgan fingerprint density at radius 3 is 2.78 bits per heavy atom. The molecule has 122 valence electrons. The molecular weight excluding hydrogens is 332 g/mol. The summed E-state index contributed by atoms with van der Waals surface area (Å²) in [5.41, 5.74) is 3.02. The summed E-state index contributed by atoms with van der Waals surface area (Å²) in [4.78, 5) is 32.6. The van der Waals surface area contributed by atoms with E-state index in [2.05, 4.69) is 20.6 Å². The monoisotopic (exact) mass is 350 g/mol. The van der Waals surface area contributed by atoms with Gasteiger partial charge in [-0.15, -0.1) is 11.3 Å². The summed E-state index contributed by atoms with van der Waals surface area (Å²) < 4.78 is 0. The summed E-state index contributed by atoms with van der Waals surface area (Å²) >= 11 is 3.11. The number of carbonyl (C=O) groups is 2. The maximum atomic E-state index is 12.3. The number of pyridine rings is 1. The third-order valence-corrected chi connectivity index (χ3v) is 4.38. The standard InChI is InChI=1S/C15H18N4O2S2/c1-22-7-4-13(15(21)17-8-12-9-23-10-18-12)19-14(20)11-2-5-16-6-3-11/h2-3,5-6,9-10,13H,4,7-8H2,1H3,(H,17,21)(H,19,20)/t13-/m0/s1. The van der Waals surface area contributed by atoms with Crippen LogP contribution in [-0.2, 0) is 11.3 Å². The Bertz CT molecular complexity index is 620. The van der Waals surface area contributed by atoms with E-state index in [1.807, 2.05) is 11.6 Å². The van der Waals surface area contributed by atoms with Gasteiger partial charge in [-0.3, -0.25) is 14.6 Å². The molecule has 0 fully saturated rings. The SMILES string of the molecule is CSCC[C@H](NC(=O)c1ccncc1)C(=O)NCc1cscn1. The second-order valence-electron chi connectivity index (χ2n) is 4.74. The average Bonchev–Trinajstić information content (AvgIpc) is 3.10. The van der Waals surface area contributed by atoms with E-state index in [1.165, 1.54) is 11.3 Å². The highest BCUT2D eigenvalue weighted by atomic mass is 32.2. The van der Waals surface area contributed by atoms with Crippen LogP contribution in [0.3, 0.4) is 0 Å². The van der Waals surface area contributed by atoms with Crippen LogP contribution in [0.25, 0.3) is 0 Å². The summed E-state index contributed by atoms with van der Waals surface area (Å²) in [5, 5.41) is 7.49. The number of hydrogen-bond acceptors (Lipinski definition) is 6. The number of rotatable bonds is 8. The van der Waals surface area contributed by atoms with Crippen molar-refractivity contribution < 1.29 is 9.59 Å². The number of amides is 2. The first-order valence-electron chi connectivity index (χ1n) is 7.05. The molecule has 0 bridgehead atoms. The number of aromatic nitrogens is 2. The zero-order valence-electron chi connectivity index (χ0n) is 12.7. The van der Waals surface area contributed by atoms with Gasteiger partial charge in [0.1, 0.15) is 6.04 Å².